The molecular formula is C33H41N7O2. The number of piperazine rings is 1. The number of fused-ring (bicyclic) bond motifs is 1. The molecule has 1 fully saturated rings. The molecule has 2 aromatic heterocycles. The van der Waals surface area contributed by atoms with Crippen LogP contribution in [0.25, 0.3) is 10.9 Å². The molecule has 9 heteroatoms. The van der Waals surface area contributed by atoms with Crippen molar-refractivity contribution in [3.05, 3.63) is 84.2 Å². The number of hydrogen-bond donors (Lipinski definition) is 2. The molecule has 2 aromatic carbocycles. The summed E-state index contributed by atoms with van der Waals surface area (Å²) < 4.78 is 1.58. The number of benzene rings is 2. The Kier molecular flexibility index (Phi) is 8.61. The van der Waals surface area contributed by atoms with Gasteiger partial charge >= 0.3 is 6.03 Å². The number of amides is 2. The van der Waals surface area contributed by atoms with Gasteiger partial charge in [-0.15, -0.1) is 0 Å². The highest BCUT2D eigenvalue weighted by molar-refractivity contribution is 6.04. The summed E-state index contributed by atoms with van der Waals surface area (Å²) in [6, 6.07) is 20.6. The van der Waals surface area contributed by atoms with Crippen molar-refractivity contribution in [3.8, 4) is 0 Å². The van der Waals surface area contributed by atoms with E-state index >= 15 is 0 Å². The molecule has 1 saturated heterocycles. The first-order chi connectivity index (χ1) is 20.2. The Labute approximate surface area is 248 Å². The molecule has 42 heavy (non-hydrogen) atoms. The Morgan fingerprint density at radius 1 is 1.00 bits per heavy atom. The molecule has 2 unspecified atom stereocenters. The summed E-state index contributed by atoms with van der Waals surface area (Å²) in [5, 5.41) is 6.56. The van der Waals surface area contributed by atoms with Gasteiger partial charge in [-0.05, 0) is 75.3 Å². The Bertz CT molecular complexity index is 1550. The average molecular weight is 568 g/mol. The Morgan fingerprint density at radius 2 is 1.69 bits per heavy atom. The average Bonchev–Trinajstić information content (AvgIpc) is 3.43. The lowest BCUT2D eigenvalue weighted by Crippen LogP contribution is -2.56. The minimum Gasteiger partial charge on any atom is -0.344 e. The third kappa shape index (κ3) is 5.89. The smallest absolute Gasteiger partial charge is 0.325 e. The lowest BCUT2D eigenvalue weighted by atomic mass is 10.0. The lowest BCUT2D eigenvalue weighted by molar-refractivity contribution is 0.0233. The van der Waals surface area contributed by atoms with Crippen molar-refractivity contribution in [3.63, 3.8) is 0 Å². The predicted molar refractivity (Wildman–Crippen MR) is 170 cm³/mol. The van der Waals surface area contributed by atoms with E-state index in [0.717, 1.165) is 41.9 Å². The number of nitrogens with one attached hydrogen (secondary N) is 2. The molecule has 2 amide bonds. The fraction of sp³-hybridized carbons (Fsp3) is 0.364. The van der Waals surface area contributed by atoms with Crippen LogP contribution in [-0.2, 0) is 0 Å². The highest BCUT2D eigenvalue weighted by Crippen LogP contribution is 2.29. The molecule has 1 aliphatic rings. The van der Waals surface area contributed by atoms with Crippen LogP contribution in [0.3, 0.4) is 0 Å². The van der Waals surface area contributed by atoms with Crippen LogP contribution in [0, 0.1) is 0 Å². The van der Waals surface area contributed by atoms with Gasteiger partial charge in [-0.3, -0.25) is 19.2 Å². The maximum absolute atomic E-state index is 13.1. The van der Waals surface area contributed by atoms with E-state index in [9.17, 15) is 9.59 Å². The normalized spacial score (nSPS) is 18.5. The van der Waals surface area contributed by atoms with Crippen molar-refractivity contribution in [2.75, 3.05) is 43.9 Å². The summed E-state index contributed by atoms with van der Waals surface area (Å²) in [7, 11) is 3.57. The second-order valence-corrected chi connectivity index (χ2v) is 11.2. The quantitative estimate of drug-likeness (QED) is 0.297. The summed E-state index contributed by atoms with van der Waals surface area (Å²) in [6.07, 6.45) is 3.45. The van der Waals surface area contributed by atoms with E-state index in [0.29, 0.717) is 23.5 Å². The van der Waals surface area contributed by atoms with Crippen molar-refractivity contribution in [1.82, 2.24) is 24.7 Å². The number of pyridine rings is 1. The first-order valence-corrected chi connectivity index (χ1v) is 14.6. The number of hydrogen-bond acceptors (Lipinski definition) is 6. The van der Waals surface area contributed by atoms with Crippen LogP contribution in [0.4, 0.5) is 22.0 Å². The number of carbonyl (C=O) groups is 2. The molecule has 220 valence electrons. The molecule has 3 atom stereocenters. The van der Waals surface area contributed by atoms with Crippen LogP contribution in [-0.4, -0.2) is 77.1 Å². The van der Waals surface area contributed by atoms with Crippen molar-refractivity contribution in [2.24, 2.45) is 0 Å². The van der Waals surface area contributed by atoms with Gasteiger partial charge in [-0.25, -0.2) is 9.78 Å². The molecule has 1 aliphatic heterocycles. The number of anilines is 3. The largest absolute Gasteiger partial charge is 0.344 e. The Hall–Kier alpha value is -4.21. The number of likely N-dealkylation sites (N-methyl/N-ethyl adjacent to an activating group) is 1. The summed E-state index contributed by atoms with van der Waals surface area (Å²) >= 11 is 0. The van der Waals surface area contributed by atoms with Crippen LogP contribution < -0.4 is 15.5 Å². The predicted octanol–water partition coefficient (Wildman–Crippen LogP) is 5.72. The van der Waals surface area contributed by atoms with E-state index in [2.05, 4.69) is 65.2 Å². The van der Waals surface area contributed by atoms with Crippen molar-refractivity contribution in [1.29, 1.82) is 0 Å². The van der Waals surface area contributed by atoms with Crippen LogP contribution in [0.15, 0.2) is 73.1 Å². The van der Waals surface area contributed by atoms with Gasteiger partial charge in [0.15, 0.2) is 0 Å². The Balaban J connectivity index is 1.25. The van der Waals surface area contributed by atoms with Crippen LogP contribution in [0.2, 0.25) is 0 Å². The zero-order valence-corrected chi connectivity index (χ0v) is 25.3. The zero-order valence-electron chi connectivity index (χ0n) is 25.3. The molecule has 5 rings (SSSR count). The topological polar surface area (TPSA) is 85.7 Å². The van der Waals surface area contributed by atoms with Gasteiger partial charge in [0.25, 0.3) is 5.91 Å². The van der Waals surface area contributed by atoms with E-state index in [1.165, 1.54) is 5.56 Å². The third-order valence-electron chi connectivity index (χ3n) is 8.56. The van der Waals surface area contributed by atoms with Gasteiger partial charge in [-0.1, -0.05) is 19.1 Å². The van der Waals surface area contributed by atoms with E-state index < -0.39 is 0 Å². The molecule has 2 N–H and O–H groups in total. The molecule has 3 heterocycles. The van der Waals surface area contributed by atoms with Crippen LogP contribution in [0.5, 0.6) is 0 Å². The van der Waals surface area contributed by atoms with Crippen LogP contribution >= 0.6 is 0 Å². The van der Waals surface area contributed by atoms with E-state index in [1.807, 2.05) is 60.5 Å². The van der Waals surface area contributed by atoms with E-state index in [1.54, 1.807) is 24.0 Å². The van der Waals surface area contributed by atoms with Crippen molar-refractivity contribution < 1.29 is 9.59 Å². The van der Waals surface area contributed by atoms with Gasteiger partial charge in [0.05, 0.1) is 5.52 Å². The first-order valence-electron chi connectivity index (χ1n) is 14.6. The summed E-state index contributed by atoms with van der Waals surface area (Å²) in [5.74, 6) is 0.280. The standard InChI is InChI=1S/C33H41N7O2/c1-7-39-22(2)20-38(21-23(39)3)24(4)25-8-10-26(11-9-25)32(41)36-31-19-29(14-16-35-31)37(6)28-12-13-30-27(18-28)15-17-40(30)33(42)34-5/h8-19,22-24H,7,20-21H2,1-6H3,(H,34,42)(H,35,36,41)/t22-,23?,24?/m1/s1. The molecule has 4 aromatic rings. The first kappa shape index (κ1) is 29.3. The number of carbonyl (C=O) groups excluding carboxylic acids is 2. The highest BCUT2D eigenvalue weighted by Gasteiger charge is 2.31. The zero-order chi connectivity index (χ0) is 30.0. The molecule has 0 aliphatic carbocycles. The van der Waals surface area contributed by atoms with Gasteiger partial charge in [0.1, 0.15) is 5.82 Å². The number of rotatable bonds is 7. The summed E-state index contributed by atoms with van der Waals surface area (Å²) in [4.78, 5) is 36.7. The molecule has 0 bridgehead atoms. The third-order valence-corrected chi connectivity index (χ3v) is 8.56. The van der Waals surface area contributed by atoms with Crippen LogP contribution in [0.1, 0.15) is 49.7 Å². The molecule has 0 spiro atoms. The van der Waals surface area contributed by atoms with E-state index in [-0.39, 0.29) is 18.0 Å². The molecular weight excluding hydrogens is 526 g/mol. The second-order valence-electron chi connectivity index (χ2n) is 11.2. The number of nitrogens with zero attached hydrogens (tertiary/aromatic N) is 5. The maximum atomic E-state index is 13.1. The van der Waals surface area contributed by atoms with Crippen molar-refractivity contribution in [2.45, 2.75) is 45.8 Å². The SMILES string of the molecule is CCN1C(C)CN(C(C)c2ccc(C(=O)Nc3cc(N(C)c4ccc5c(ccn5C(=O)NC)c4)ccn3)cc2)C[C@H]1C. The maximum Gasteiger partial charge on any atom is 0.325 e. The fourth-order valence-electron chi connectivity index (χ4n) is 6.13. The van der Waals surface area contributed by atoms with Gasteiger partial charge in [0.2, 0.25) is 0 Å². The monoisotopic (exact) mass is 567 g/mol. The summed E-state index contributed by atoms with van der Waals surface area (Å²) in [5.41, 5.74) is 4.46. The molecule has 0 radical (unpaired) electrons. The van der Waals surface area contributed by atoms with Gasteiger partial charge in [-0.2, -0.15) is 0 Å². The lowest BCUT2D eigenvalue weighted by Gasteiger charge is -2.46. The Morgan fingerprint density at radius 3 is 2.36 bits per heavy atom. The minimum atomic E-state index is -0.197. The van der Waals surface area contributed by atoms with Gasteiger partial charge in [0, 0.05) is 86.1 Å². The fourth-order valence-corrected chi connectivity index (χ4v) is 6.13. The number of aromatic nitrogens is 2. The second kappa shape index (κ2) is 12.3. The van der Waals surface area contributed by atoms with E-state index in [4.69, 9.17) is 0 Å². The molecule has 9 nitrogen and oxygen atoms in total. The minimum absolute atomic E-state index is 0.181. The van der Waals surface area contributed by atoms with Crippen molar-refractivity contribution >= 4 is 40.0 Å². The molecule has 0 saturated carbocycles. The summed E-state index contributed by atoms with van der Waals surface area (Å²) in [6.45, 7) is 12.2. The highest BCUT2D eigenvalue weighted by atomic mass is 16.2. The van der Waals surface area contributed by atoms with Gasteiger partial charge < -0.3 is 15.5 Å².